The largest absolute Gasteiger partial charge is 3.00 e. The normalized spacial score (nSPS) is 7.53. The predicted octanol–water partition coefficient (Wildman–Crippen LogP) is -4.81. The minimum Gasteiger partial charge on any atom is -1.00 e. The van der Waals surface area contributed by atoms with E-state index in [4.69, 9.17) is 0 Å². The zero-order valence-corrected chi connectivity index (χ0v) is 14.9. The summed E-state index contributed by atoms with van der Waals surface area (Å²) in [6.07, 6.45) is 0. The molecule has 0 spiro atoms. The Morgan fingerprint density at radius 1 is 0.882 bits per heavy atom. The third-order valence-electron chi connectivity index (χ3n) is 1.55. The molecule has 4 heteroatoms. The number of hydrogen-bond acceptors (Lipinski definition) is 0. The Kier molecular flexibility index (Phi) is 22.6. The van der Waals surface area contributed by atoms with Crippen LogP contribution in [0, 0.1) is 5.92 Å². The Hall–Kier alpha value is 0.583. The Labute approximate surface area is 142 Å². The van der Waals surface area contributed by atoms with Crippen LogP contribution in [0.15, 0.2) is 42.5 Å². The van der Waals surface area contributed by atoms with Gasteiger partial charge in [0.2, 0.25) is 0 Å². The molecule has 0 aliphatic heterocycles. The monoisotopic (exact) mass is 367 g/mol. The maximum atomic E-state index is 2.12. The SMILES string of the molecule is C[C-](C)C.[Cl-].[Cl-].[Cl-].[Zr+3].c1ccc2[cH-]ccc2c1. The molecule has 1 radical (unpaired) electrons. The van der Waals surface area contributed by atoms with Crippen LogP contribution in [0.3, 0.4) is 0 Å². The quantitative estimate of drug-likeness (QED) is 0.409. The van der Waals surface area contributed by atoms with Crippen molar-refractivity contribution in [3.05, 3.63) is 48.4 Å². The number of halogens is 3. The summed E-state index contributed by atoms with van der Waals surface area (Å²) in [6.45, 7) is 6.25. The van der Waals surface area contributed by atoms with Crippen LogP contribution >= 0.6 is 0 Å². The summed E-state index contributed by atoms with van der Waals surface area (Å²) in [5.41, 5.74) is 0. The molecule has 2 aromatic rings. The molecule has 0 saturated carbocycles. The third-order valence-corrected chi connectivity index (χ3v) is 1.55. The van der Waals surface area contributed by atoms with Crippen LogP contribution in [0.5, 0.6) is 0 Å². The Morgan fingerprint density at radius 2 is 1.35 bits per heavy atom. The third kappa shape index (κ3) is 11.4. The molecule has 0 N–H and O–H groups in total. The van der Waals surface area contributed by atoms with E-state index in [1.807, 2.05) is 0 Å². The first-order valence-corrected chi connectivity index (χ1v) is 4.57. The summed E-state index contributed by atoms with van der Waals surface area (Å²) in [4.78, 5) is 0. The maximum absolute atomic E-state index is 2.12. The van der Waals surface area contributed by atoms with Crippen molar-refractivity contribution >= 4 is 10.8 Å². The van der Waals surface area contributed by atoms with Crippen molar-refractivity contribution in [3.8, 4) is 0 Å². The molecule has 0 fully saturated rings. The van der Waals surface area contributed by atoms with Gasteiger partial charge in [0, 0.05) is 0 Å². The minimum absolute atomic E-state index is 0. The summed E-state index contributed by atoms with van der Waals surface area (Å²) < 4.78 is 0. The van der Waals surface area contributed by atoms with Crippen molar-refractivity contribution < 1.29 is 63.4 Å². The van der Waals surface area contributed by atoms with Gasteiger partial charge in [-0.15, -0.1) is 29.7 Å². The first-order chi connectivity index (χ1) is 6.20. The molecule has 0 heterocycles. The fourth-order valence-corrected chi connectivity index (χ4v) is 1.07. The van der Waals surface area contributed by atoms with Crippen molar-refractivity contribution in [1.82, 2.24) is 0 Å². The van der Waals surface area contributed by atoms with Gasteiger partial charge in [-0.2, -0.15) is 38.3 Å². The summed E-state index contributed by atoms with van der Waals surface area (Å²) >= 11 is 0. The van der Waals surface area contributed by atoms with Crippen molar-refractivity contribution in [2.24, 2.45) is 0 Å². The van der Waals surface area contributed by atoms with Crippen molar-refractivity contribution in [2.75, 3.05) is 0 Å². The average molecular weight is 370 g/mol. The minimum atomic E-state index is 0. The van der Waals surface area contributed by atoms with Crippen LogP contribution in [-0.2, 0) is 26.2 Å². The molecule has 2 rings (SSSR count). The van der Waals surface area contributed by atoms with E-state index in [1.165, 1.54) is 16.7 Å². The van der Waals surface area contributed by atoms with Crippen LogP contribution in [0.4, 0.5) is 0 Å². The Balaban J connectivity index is -0.0000000962. The summed E-state index contributed by atoms with van der Waals surface area (Å²) in [7, 11) is 0. The topological polar surface area (TPSA) is 0 Å². The van der Waals surface area contributed by atoms with Crippen LogP contribution < -0.4 is 37.2 Å². The van der Waals surface area contributed by atoms with E-state index in [1.54, 1.807) is 0 Å². The van der Waals surface area contributed by atoms with Crippen LogP contribution in [-0.4, -0.2) is 0 Å². The van der Waals surface area contributed by atoms with E-state index in [0.717, 1.165) is 0 Å². The Morgan fingerprint density at radius 3 is 1.82 bits per heavy atom. The zero-order valence-electron chi connectivity index (χ0n) is 10.2. The first-order valence-electron chi connectivity index (χ1n) is 4.57. The molecule has 17 heavy (non-hydrogen) atoms. The molecule has 0 nitrogen and oxygen atoms in total. The fourth-order valence-electron chi connectivity index (χ4n) is 1.07. The molecule has 0 unspecified atom stereocenters. The van der Waals surface area contributed by atoms with E-state index >= 15 is 0 Å². The summed E-state index contributed by atoms with van der Waals surface area (Å²) in [6, 6.07) is 14.7. The molecule has 95 valence electrons. The van der Waals surface area contributed by atoms with Crippen molar-refractivity contribution in [3.63, 3.8) is 0 Å². The van der Waals surface area contributed by atoms with Gasteiger partial charge >= 0.3 is 26.2 Å². The van der Waals surface area contributed by atoms with Crippen LogP contribution in [0.25, 0.3) is 10.8 Å². The van der Waals surface area contributed by atoms with Crippen LogP contribution in [0.2, 0.25) is 0 Å². The van der Waals surface area contributed by atoms with E-state index in [-0.39, 0.29) is 63.4 Å². The van der Waals surface area contributed by atoms with E-state index in [0.29, 0.717) is 0 Å². The molecular formula is C13H16Cl3Zr-2. The number of rotatable bonds is 0. The molecular weight excluding hydrogens is 354 g/mol. The molecule has 0 bridgehead atoms. The van der Waals surface area contributed by atoms with Gasteiger partial charge in [0.25, 0.3) is 0 Å². The van der Waals surface area contributed by atoms with Gasteiger partial charge in [0.05, 0.1) is 0 Å². The number of fused-ring (bicyclic) bond motifs is 1. The second-order valence-corrected chi connectivity index (χ2v) is 3.65. The van der Waals surface area contributed by atoms with Gasteiger partial charge < -0.3 is 43.1 Å². The second-order valence-electron chi connectivity index (χ2n) is 3.65. The Bertz CT molecular complexity index is 325. The van der Waals surface area contributed by atoms with E-state index in [9.17, 15) is 0 Å². The van der Waals surface area contributed by atoms with Crippen molar-refractivity contribution in [1.29, 1.82) is 0 Å². The average Bonchev–Trinajstić information content (AvgIpc) is 2.49. The first kappa shape index (κ1) is 26.2. The van der Waals surface area contributed by atoms with Gasteiger partial charge in [-0.05, 0) is 0 Å². The fraction of sp³-hybridized carbons (Fsp3) is 0.231. The van der Waals surface area contributed by atoms with Crippen molar-refractivity contribution in [2.45, 2.75) is 20.8 Å². The maximum Gasteiger partial charge on any atom is 3.00 e. The molecule has 0 amide bonds. The van der Waals surface area contributed by atoms with Gasteiger partial charge in [-0.1, -0.05) is 6.07 Å². The molecule has 0 aromatic heterocycles. The van der Waals surface area contributed by atoms with Gasteiger partial charge in [0.1, 0.15) is 0 Å². The molecule has 0 saturated heterocycles. The number of benzene rings is 1. The summed E-state index contributed by atoms with van der Waals surface area (Å²) in [5, 5.41) is 2.66. The second kappa shape index (κ2) is 14.6. The molecule has 2 aromatic carbocycles. The van der Waals surface area contributed by atoms with Gasteiger partial charge in [-0.3, -0.25) is 0 Å². The predicted molar refractivity (Wildman–Crippen MR) is 59.8 cm³/mol. The van der Waals surface area contributed by atoms with E-state index in [2.05, 4.69) is 63.2 Å². The molecule has 0 aliphatic carbocycles. The van der Waals surface area contributed by atoms with E-state index < -0.39 is 0 Å². The van der Waals surface area contributed by atoms with Crippen LogP contribution in [0.1, 0.15) is 20.8 Å². The zero-order chi connectivity index (χ0) is 9.68. The van der Waals surface area contributed by atoms with Gasteiger partial charge in [0.15, 0.2) is 0 Å². The molecule has 0 aliphatic rings. The van der Waals surface area contributed by atoms with Gasteiger partial charge in [-0.25, -0.2) is 0 Å². The molecule has 0 atom stereocenters. The summed E-state index contributed by atoms with van der Waals surface area (Å²) in [5.74, 6) is 1.42. The smallest absolute Gasteiger partial charge is 1.00 e. The standard InChI is InChI=1S/C9H7.C4H9.3ClH.Zr/c1-2-5-9-7-3-6-8(9)4-1;1-4(2)3;;;;/h1-7H;1-3H3;3*1H;/q2*-1;;;;+3/p-3. The number of hydrogen-bond donors (Lipinski definition) is 0.